The van der Waals surface area contributed by atoms with Crippen LogP contribution in [0.4, 0.5) is 0 Å². The monoisotopic (exact) mass is 292 g/mol. The van der Waals surface area contributed by atoms with Crippen molar-refractivity contribution in [2.75, 3.05) is 33.7 Å². The zero-order chi connectivity index (χ0) is 14.8. The van der Waals surface area contributed by atoms with E-state index in [0.717, 1.165) is 50.6 Å². The van der Waals surface area contributed by atoms with Gasteiger partial charge in [0.1, 0.15) is 5.78 Å². The summed E-state index contributed by atoms with van der Waals surface area (Å²) in [5.41, 5.74) is 0. The lowest BCUT2D eigenvalue weighted by molar-refractivity contribution is -0.120. The van der Waals surface area contributed by atoms with Gasteiger partial charge in [-0.1, -0.05) is 5.16 Å². The average Bonchev–Trinajstić information content (AvgIpc) is 2.92. The fourth-order valence-corrected chi connectivity index (χ4v) is 3.24. The molecule has 116 valence electrons. The highest BCUT2D eigenvalue weighted by molar-refractivity contribution is 5.79. The van der Waals surface area contributed by atoms with Gasteiger partial charge < -0.3 is 14.3 Å². The van der Waals surface area contributed by atoms with Crippen molar-refractivity contribution < 1.29 is 9.32 Å². The predicted molar refractivity (Wildman–Crippen MR) is 78.1 cm³/mol. The van der Waals surface area contributed by atoms with Crippen LogP contribution in [0.3, 0.4) is 0 Å². The van der Waals surface area contributed by atoms with Crippen molar-refractivity contribution in [2.45, 2.75) is 44.1 Å². The van der Waals surface area contributed by atoms with E-state index in [4.69, 9.17) is 4.52 Å². The topological polar surface area (TPSA) is 62.5 Å². The van der Waals surface area contributed by atoms with Crippen LogP contribution >= 0.6 is 0 Å². The van der Waals surface area contributed by atoms with Crippen LogP contribution in [0.25, 0.3) is 0 Å². The number of piperazine rings is 1. The molecule has 2 aliphatic rings. The van der Waals surface area contributed by atoms with E-state index in [1.54, 1.807) is 0 Å². The first-order chi connectivity index (χ1) is 10.1. The van der Waals surface area contributed by atoms with E-state index >= 15 is 0 Å². The van der Waals surface area contributed by atoms with E-state index in [-0.39, 0.29) is 5.92 Å². The van der Waals surface area contributed by atoms with Crippen LogP contribution in [0.5, 0.6) is 0 Å². The second-order valence-electron chi connectivity index (χ2n) is 6.46. The van der Waals surface area contributed by atoms with Crippen molar-refractivity contribution in [3.05, 3.63) is 11.7 Å². The lowest BCUT2D eigenvalue weighted by Gasteiger charge is -2.37. The maximum absolute atomic E-state index is 11.3. The van der Waals surface area contributed by atoms with Crippen molar-refractivity contribution in [3.63, 3.8) is 0 Å². The Bertz CT molecular complexity index is 492. The number of aromatic nitrogens is 2. The van der Waals surface area contributed by atoms with Crippen molar-refractivity contribution in [3.8, 4) is 0 Å². The zero-order valence-electron chi connectivity index (χ0n) is 12.9. The molecule has 2 heterocycles. The van der Waals surface area contributed by atoms with Gasteiger partial charge in [-0.05, 0) is 26.9 Å². The summed E-state index contributed by atoms with van der Waals surface area (Å²) in [6, 6.07) is 0.446. The molecule has 1 aliphatic carbocycles. The molecule has 3 rings (SSSR count). The van der Waals surface area contributed by atoms with Crippen LogP contribution in [0.2, 0.25) is 0 Å². The number of carbonyl (C=O) groups excluding carboxylic acids is 1. The molecule has 1 saturated carbocycles. The highest BCUT2D eigenvalue weighted by atomic mass is 16.5. The predicted octanol–water partition coefficient (Wildman–Crippen LogP) is 1.08. The molecular weight excluding hydrogens is 268 g/mol. The Morgan fingerprint density at radius 2 is 2.00 bits per heavy atom. The number of hydrogen-bond acceptors (Lipinski definition) is 6. The minimum Gasteiger partial charge on any atom is -0.339 e. The van der Waals surface area contributed by atoms with Gasteiger partial charge in [-0.15, -0.1) is 0 Å². The number of rotatable bonds is 3. The molecule has 0 aromatic carbocycles. The Labute approximate surface area is 125 Å². The fraction of sp³-hybridized carbons (Fsp3) is 0.800. The summed E-state index contributed by atoms with van der Waals surface area (Å²) in [5.74, 6) is 2.16. The van der Waals surface area contributed by atoms with Crippen molar-refractivity contribution in [1.29, 1.82) is 0 Å². The minimum atomic E-state index is 0.274. The van der Waals surface area contributed by atoms with Gasteiger partial charge in [0, 0.05) is 50.9 Å². The quantitative estimate of drug-likeness (QED) is 0.831. The highest BCUT2D eigenvalue weighted by Gasteiger charge is 2.27. The van der Waals surface area contributed by atoms with Crippen LogP contribution in [0.1, 0.15) is 43.3 Å². The first-order valence-electron chi connectivity index (χ1n) is 7.85. The summed E-state index contributed by atoms with van der Waals surface area (Å²) in [6.07, 6.45) is 3.84. The molecule has 6 nitrogen and oxygen atoms in total. The van der Waals surface area contributed by atoms with E-state index in [0.29, 0.717) is 24.7 Å². The van der Waals surface area contributed by atoms with Crippen LogP contribution in [0.15, 0.2) is 4.52 Å². The number of ketones is 1. The molecule has 0 amide bonds. The normalized spacial score (nSPS) is 26.4. The van der Waals surface area contributed by atoms with Gasteiger partial charge in [0.2, 0.25) is 5.89 Å². The van der Waals surface area contributed by atoms with Crippen molar-refractivity contribution in [2.24, 2.45) is 0 Å². The molecule has 6 heteroatoms. The lowest BCUT2D eigenvalue weighted by atomic mass is 9.88. The average molecular weight is 292 g/mol. The maximum atomic E-state index is 11.3. The number of hydrogen-bond donors (Lipinski definition) is 0. The third kappa shape index (κ3) is 3.49. The van der Waals surface area contributed by atoms with Gasteiger partial charge in [-0.2, -0.15) is 4.98 Å². The first-order valence-corrected chi connectivity index (χ1v) is 7.85. The molecule has 1 aromatic heterocycles. The third-order valence-corrected chi connectivity index (χ3v) is 4.77. The molecule has 0 N–H and O–H groups in total. The number of likely N-dealkylation sites (N-methyl/N-ethyl adjacent to an activating group) is 2. The molecule has 1 aromatic rings. The number of nitrogens with zero attached hydrogens (tertiary/aromatic N) is 4. The number of carbonyl (C=O) groups is 1. The Morgan fingerprint density at radius 3 is 2.76 bits per heavy atom. The van der Waals surface area contributed by atoms with Gasteiger partial charge in [0.25, 0.3) is 0 Å². The van der Waals surface area contributed by atoms with E-state index < -0.39 is 0 Å². The highest BCUT2D eigenvalue weighted by Crippen LogP contribution is 2.30. The van der Waals surface area contributed by atoms with Crippen molar-refractivity contribution in [1.82, 2.24) is 19.9 Å². The first kappa shape index (κ1) is 14.7. The largest absolute Gasteiger partial charge is 0.339 e. The molecule has 0 radical (unpaired) electrons. The van der Waals surface area contributed by atoms with E-state index in [9.17, 15) is 4.79 Å². The smallest absolute Gasteiger partial charge is 0.229 e. The Kier molecular flexibility index (Phi) is 4.35. The maximum Gasteiger partial charge on any atom is 0.229 e. The second kappa shape index (κ2) is 6.23. The summed E-state index contributed by atoms with van der Waals surface area (Å²) in [5, 5.41) is 4.15. The Hall–Kier alpha value is -1.27. The molecule has 0 spiro atoms. The van der Waals surface area contributed by atoms with Gasteiger partial charge in [-0.3, -0.25) is 4.79 Å². The molecule has 1 unspecified atom stereocenters. The fourth-order valence-electron chi connectivity index (χ4n) is 3.24. The molecule has 1 saturated heterocycles. The molecule has 21 heavy (non-hydrogen) atoms. The van der Waals surface area contributed by atoms with Gasteiger partial charge in [-0.25, -0.2) is 0 Å². The summed E-state index contributed by atoms with van der Waals surface area (Å²) >= 11 is 0. The van der Waals surface area contributed by atoms with Crippen LogP contribution in [0, 0.1) is 0 Å². The van der Waals surface area contributed by atoms with Gasteiger partial charge >= 0.3 is 0 Å². The van der Waals surface area contributed by atoms with Gasteiger partial charge in [0.15, 0.2) is 5.82 Å². The van der Waals surface area contributed by atoms with Crippen LogP contribution < -0.4 is 0 Å². The van der Waals surface area contributed by atoms with E-state index in [1.165, 1.54) is 0 Å². The molecule has 2 fully saturated rings. The second-order valence-corrected chi connectivity index (χ2v) is 6.46. The van der Waals surface area contributed by atoms with Crippen LogP contribution in [-0.4, -0.2) is 65.5 Å². The molecule has 1 aliphatic heterocycles. The summed E-state index contributed by atoms with van der Waals surface area (Å²) in [6.45, 7) is 3.23. The summed E-state index contributed by atoms with van der Waals surface area (Å²) < 4.78 is 5.44. The van der Waals surface area contributed by atoms with Crippen molar-refractivity contribution >= 4 is 5.78 Å². The Balaban J connectivity index is 1.61. The minimum absolute atomic E-state index is 0.274. The summed E-state index contributed by atoms with van der Waals surface area (Å²) in [7, 11) is 4.31. The summed E-state index contributed by atoms with van der Waals surface area (Å²) in [4.78, 5) is 20.6. The number of Topliss-reactive ketones (excluding diaryl/α,β-unsaturated/α-hetero) is 1. The lowest BCUT2D eigenvalue weighted by Crippen LogP contribution is -2.50. The zero-order valence-corrected chi connectivity index (χ0v) is 12.9. The van der Waals surface area contributed by atoms with E-state index in [2.05, 4.69) is 34.0 Å². The standard InChI is InChI=1S/C15H24N4O2/c1-18-7-8-19(2)12(10-18)9-14-16-15(21-17-14)11-3-5-13(20)6-4-11/h11-12H,3-10H2,1-2H3. The molecular formula is C15H24N4O2. The van der Waals surface area contributed by atoms with Gasteiger partial charge in [0.05, 0.1) is 0 Å². The SMILES string of the molecule is CN1CCN(C)C(Cc2noc(C3CCC(=O)CC3)n2)C1. The molecule has 0 bridgehead atoms. The third-order valence-electron chi connectivity index (χ3n) is 4.77. The Morgan fingerprint density at radius 1 is 1.24 bits per heavy atom. The van der Waals surface area contributed by atoms with Crippen LogP contribution in [-0.2, 0) is 11.2 Å². The van der Waals surface area contributed by atoms with E-state index in [1.807, 2.05) is 0 Å². The molecule has 1 atom stereocenters.